The number of fused-ring (bicyclic) bond motifs is 1. The first-order valence-corrected chi connectivity index (χ1v) is 6.86. The SMILES string of the molecule is CCOC(=O)c1c(C)n(CC(=O)NN)c2ccc(OC)cc12. The fourth-order valence-electron chi connectivity index (χ4n) is 2.44. The van der Waals surface area contributed by atoms with E-state index in [1.54, 1.807) is 43.7 Å². The molecule has 0 fully saturated rings. The van der Waals surface area contributed by atoms with E-state index in [1.807, 2.05) is 0 Å². The Morgan fingerprint density at radius 1 is 1.36 bits per heavy atom. The average molecular weight is 305 g/mol. The first-order chi connectivity index (χ1) is 10.5. The van der Waals surface area contributed by atoms with Crippen LogP contribution in [0, 0.1) is 6.92 Å². The number of rotatable bonds is 5. The Morgan fingerprint density at radius 2 is 2.09 bits per heavy atom. The van der Waals surface area contributed by atoms with Gasteiger partial charge in [-0.1, -0.05) is 0 Å². The zero-order valence-electron chi connectivity index (χ0n) is 12.8. The second kappa shape index (κ2) is 6.48. The van der Waals surface area contributed by atoms with Gasteiger partial charge in [0.1, 0.15) is 12.3 Å². The van der Waals surface area contributed by atoms with Crippen LogP contribution in [-0.2, 0) is 16.1 Å². The molecule has 2 rings (SSSR count). The van der Waals surface area contributed by atoms with E-state index < -0.39 is 5.97 Å². The Balaban J connectivity index is 2.67. The second-order valence-electron chi connectivity index (χ2n) is 4.72. The zero-order chi connectivity index (χ0) is 16.3. The first-order valence-electron chi connectivity index (χ1n) is 6.86. The van der Waals surface area contributed by atoms with Gasteiger partial charge in [-0.25, -0.2) is 10.6 Å². The summed E-state index contributed by atoms with van der Waals surface area (Å²) in [5, 5.41) is 0.681. The Bertz CT molecular complexity index is 721. The molecule has 0 radical (unpaired) electrons. The minimum absolute atomic E-state index is 0.0184. The molecule has 0 saturated carbocycles. The molecular weight excluding hydrogens is 286 g/mol. The molecule has 0 aliphatic carbocycles. The van der Waals surface area contributed by atoms with Crippen LogP contribution in [0.25, 0.3) is 10.9 Å². The van der Waals surface area contributed by atoms with Crippen LogP contribution in [0.2, 0.25) is 0 Å². The number of ether oxygens (including phenoxy) is 2. The third kappa shape index (κ3) is 2.75. The molecule has 0 aliphatic rings. The fourth-order valence-corrected chi connectivity index (χ4v) is 2.44. The maximum absolute atomic E-state index is 12.2. The number of benzene rings is 1. The molecule has 22 heavy (non-hydrogen) atoms. The van der Waals surface area contributed by atoms with Gasteiger partial charge in [0.05, 0.1) is 19.3 Å². The van der Waals surface area contributed by atoms with Gasteiger partial charge in [0, 0.05) is 16.6 Å². The number of methoxy groups -OCH3 is 1. The first kappa shape index (κ1) is 15.8. The van der Waals surface area contributed by atoms with Crippen molar-refractivity contribution in [2.75, 3.05) is 13.7 Å². The molecule has 1 amide bonds. The highest BCUT2D eigenvalue weighted by Crippen LogP contribution is 2.30. The van der Waals surface area contributed by atoms with E-state index in [-0.39, 0.29) is 19.1 Å². The summed E-state index contributed by atoms with van der Waals surface area (Å²) < 4.78 is 12.0. The molecule has 0 atom stereocenters. The summed E-state index contributed by atoms with van der Waals surface area (Å²) in [5.41, 5.74) is 3.91. The van der Waals surface area contributed by atoms with Gasteiger partial charge in [0.25, 0.3) is 5.91 Å². The average Bonchev–Trinajstić information content (AvgIpc) is 2.78. The summed E-state index contributed by atoms with van der Waals surface area (Å²) >= 11 is 0. The predicted octanol–water partition coefficient (Wildman–Crippen LogP) is 1.12. The minimum Gasteiger partial charge on any atom is -0.497 e. The molecule has 1 aromatic heterocycles. The van der Waals surface area contributed by atoms with Crippen molar-refractivity contribution < 1.29 is 19.1 Å². The third-order valence-electron chi connectivity index (χ3n) is 3.47. The van der Waals surface area contributed by atoms with Crippen LogP contribution in [0.15, 0.2) is 18.2 Å². The van der Waals surface area contributed by atoms with Crippen molar-refractivity contribution in [1.82, 2.24) is 9.99 Å². The van der Waals surface area contributed by atoms with Gasteiger partial charge in [0.15, 0.2) is 0 Å². The van der Waals surface area contributed by atoms with Crippen LogP contribution in [-0.4, -0.2) is 30.2 Å². The van der Waals surface area contributed by atoms with Crippen molar-refractivity contribution in [2.45, 2.75) is 20.4 Å². The Labute approximate surface area is 127 Å². The van der Waals surface area contributed by atoms with E-state index in [9.17, 15) is 9.59 Å². The number of esters is 1. The van der Waals surface area contributed by atoms with Gasteiger partial charge in [-0.15, -0.1) is 0 Å². The largest absolute Gasteiger partial charge is 0.497 e. The van der Waals surface area contributed by atoms with Gasteiger partial charge in [0.2, 0.25) is 0 Å². The monoisotopic (exact) mass is 305 g/mol. The highest BCUT2D eigenvalue weighted by molar-refractivity contribution is 6.06. The number of hydrogen-bond donors (Lipinski definition) is 2. The molecule has 118 valence electrons. The lowest BCUT2D eigenvalue weighted by Gasteiger charge is -2.07. The van der Waals surface area contributed by atoms with E-state index in [4.69, 9.17) is 15.3 Å². The summed E-state index contributed by atoms with van der Waals surface area (Å²) in [7, 11) is 1.55. The molecule has 1 heterocycles. The number of nitrogens with zero attached hydrogens (tertiary/aromatic N) is 1. The Morgan fingerprint density at radius 3 is 2.68 bits per heavy atom. The van der Waals surface area contributed by atoms with E-state index in [1.165, 1.54) is 0 Å². The number of aromatic nitrogens is 1. The van der Waals surface area contributed by atoms with Gasteiger partial charge in [-0.05, 0) is 32.0 Å². The predicted molar refractivity (Wildman–Crippen MR) is 81.5 cm³/mol. The standard InChI is InChI=1S/C15H19N3O4/c1-4-22-15(20)14-9(2)18(8-13(19)17-16)12-6-5-10(21-3)7-11(12)14/h5-7H,4,8,16H2,1-3H3,(H,17,19). The summed E-state index contributed by atoms with van der Waals surface area (Å²) in [6, 6.07) is 5.33. The van der Waals surface area contributed by atoms with Crippen LogP contribution >= 0.6 is 0 Å². The number of nitrogens with two attached hydrogens (primary N) is 1. The minimum atomic E-state index is -0.426. The van der Waals surface area contributed by atoms with Gasteiger partial charge < -0.3 is 14.0 Å². The Hall–Kier alpha value is -2.54. The smallest absolute Gasteiger partial charge is 0.340 e. The van der Waals surface area contributed by atoms with Crippen molar-refractivity contribution >= 4 is 22.8 Å². The summed E-state index contributed by atoms with van der Waals surface area (Å²) in [4.78, 5) is 23.9. The molecule has 0 aliphatic heterocycles. The third-order valence-corrected chi connectivity index (χ3v) is 3.47. The molecule has 1 aromatic carbocycles. The molecule has 7 heteroatoms. The molecule has 7 nitrogen and oxygen atoms in total. The maximum Gasteiger partial charge on any atom is 0.340 e. The summed E-state index contributed by atoms with van der Waals surface area (Å²) in [6.45, 7) is 3.81. The van der Waals surface area contributed by atoms with Crippen LogP contribution in [0.5, 0.6) is 5.75 Å². The van der Waals surface area contributed by atoms with Crippen molar-refractivity contribution in [3.05, 3.63) is 29.5 Å². The number of carbonyl (C=O) groups excluding carboxylic acids is 2. The van der Waals surface area contributed by atoms with Crippen molar-refractivity contribution in [3.8, 4) is 5.75 Å². The molecule has 0 bridgehead atoms. The highest BCUT2D eigenvalue weighted by atomic mass is 16.5. The molecular formula is C15H19N3O4. The second-order valence-corrected chi connectivity index (χ2v) is 4.72. The normalized spacial score (nSPS) is 10.5. The number of hydrazine groups is 1. The summed E-state index contributed by atoms with van der Waals surface area (Å²) in [5.74, 6) is 4.99. The maximum atomic E-state index is 12.2. The van der Waals surface area contributed by atoms with E-state index in [0.717, 1.165) is 5.52 Å². The lowest BCUT2D eigenvalue weighted by atomic mass is 10.1. The van der Waals surface area contributed by atoms with Gasteiger partial charge in [-0.3, -0.25) is 10.2 Å². The molecule has 2 aromatic rings. The molecule has 3 N–H and O–H groups in total. The van der Waals surface area contributed by atoms with Crippen molar-refractivity contribution in [1.29, 1.82) is 0 Å². The Kier molecular flexibility index (Phi) is 4.67. The quantitative estimate of drug-likeness (QED) is 0.373. The van der Waals surface area contributed by atoms with E-state index >= 15 is 0 Å². The highest BCUT2D eigenvalue weighted by Gasteiger charge is 2.22. The fraction of sp³-hybridized carbons (Fsp3) is 0.333. The number of nitrogens with one attached hydrogen (secondary N) is 1. The van der Waals surface area contributed by atoms with Crippen molar-refractivity contribution in [3.63, 3.8) is 0 Å². The van der Waals surface area contributed by atoms with Crippen LogP contribution < -0.4 is 16.0 Å². The van der Waals surface area contributed by atoms with Gasteiger partial charge >= 0.3 is 5.97 Å². The lowest BCUT2D eigenvalue weighted by molar-refractivity contribution is -0.121. The van der Waals surface area contributed by atoms with Crippen molar-refractivity contribution in [2.24, 2.45) is 5.84 Å². The molecule has 0 saturated heterocycles. The topological polar surface area (TPSA) is 95.6 Å². The van der Waals surface area contributed by atoms with Gasteiger partial charge in [-0.2, -0.15) is 0 Å². The number of amides is 1. The van der Waals surface area contributed by atoms with Crippen LogP contribution in [0.3, 0.4) is 0 Å². The molecule has 0 spiro atoms. The van der Waals surface area contributed by atoms with E-state index in [0.29, 0.717) is 22.4 Å². The number of carbonyl (C=O) groups is 2. The van der Waals surface area contributed by atoms with E-state index in [2.05, 4.69) is 5.43 Å². The molecule has 0 unspecified atom stereocenters. The lowest BCUT2D eigenvalue weighted by Crippen LogP contribution is -2.33. The zero-order valence-corrected chi connectivity index (χ0v) is 12.8. The number of hydrogen-bond acceptors (Lipinski definition) is 5. The van der Waals surface area contributed by atoms with Crippen LogP contribution in [0.1, 0.15) is 23.0 Å². The summed E-state index contributed by atoms with van der Waals surface area (Å²) in [6.07, 6.45) is 0. The van der Waals surface area contributed by atoms with Crippen LogP contribution in [0.4, 0.5) is 0 Å².